The van der Waals surface area contributed by atoms with Crippen LogP contribution in [0.2, 0.25) is 0 Å². The third kappa shape index (κ3) is 5.09. The zero-order valence-electron chi connectivity index (χ0n) is 16.4. The Kier molecular flexibility index (Phi) is 6.88. The van der Waals surface area contributed by atoms with Crippen LogP contribution in [0.5, 0.6) is 0 Å². The van der Waals surface area contributed by atoms with E-state index >= 15 is 0 Å². The summed E-state index contributed by atoms with van der Waals surface area (Å²) in [7, 11) is 0. The summed E-state index contributed by atoms with van der Waals surface area (Å²) in [5.41, 5.74) is 0.349. The first-order chi connectivity index (χ1) is 13.1. The zero-order valence-corrected chi connectivity index (χ0v) is 16.4. The summed E-state index contributed by atoms with van der Waals surface area (Å²) in [4.78, 5) is 11.5. The largest absolute Gasteiger partial charge is 0.366 e. The van der Waals surface area contributed by atoms with Gasteiger partial charge in [0.2, 0.25) is 0 Å². The normalized spacial score (nSPS) is 21.8. The Hall–Kier alpha value is -1.89. The third-order valence-electron chi connectivity index (χ3n) is 5.48. The molecule has 1 unspecified atom stereocenters. The molecule has 2 saturated heterocycles. The Balaban J connectivity index is 1.58. The number of anilines is 1. The molecule has 5 nitrogen and oxygen atoms in total. The van der Waals surface area contributed by atoms with Gasteiger partial charge in [-0.1, -0.05) is 6.92 Å². The molecule has 2 aliphatic heterocycles. The highest BCUT2D eigenvalue weighted by molar-refractivity contribution is 5.80. The van der Waals surface area contributed by atoms with Gasteiger partial charge in [0.25, 0.3) is 0 Å². The van der Waals surface area contributed by atoms with Crippen molar-refractivity contribution in [2.75, 3.05) is 63.8 Å². The predicted molar refractivity (Wildman–Crippen MR) is 106 cm³/mol. The van der Waals surface area contributed by atoms with Crippen molar-refractivity contribution >= 4 is 11.6 Å². The highest BCUT2D eigenvalue weighted by atomic mass is 19.1. The Morgan fingerprint density at radius 1 is 1.15 bits per heavy atom. The number of nitrogens with zero attached hydrogens (tertiary/aromatic N) is 4. The Bertz CT molecular complexity index is 643. The van der Waals surface area contributed by atoms with E-state index in [1.807, 2.05) is 4.90 Å². The van der Waals surface area contributed by atoms with Gasteiger partial charge >= 0.3 is 0 Å². The number of piperazine rings is 1. The molecule has 1 aromatic rings. The monoisotopic (exact) mass is 379 g/mol. The van der Waals surface area contributed by atoms with Gasteiger partial charge in [0.15, 0.2) is 5.96 Å². The van der Waals surface area contributed by atoms with Crippen molar-refractivity contribution in [3.63, 3.8) is 0 Å². The van der Waals surface area contributed by atoms with Crippen LogP contribution in [0.1, 0.15) is 20.3 Å². The van der Waals surface area contributed by atoms with Crippen molar-refractivity contribution in [2.45, 2.75) is 20.3 Å². The fourth-order valence-electron chi connectivity index (χ4n) is 3.88. The second-order valence-corrected chi connectivity index (χ2v) is 7.31. The molecule has 0 aliphatic carbocycles. The van der Waals surface area contributed by atoms with Gasteiger partial charge in [0, 0.05) is 51.9 Å². The fourth-order valence-corrected chi connectivity index (χ4v) is 3.88. The second kappa shape index (κ2) is 9.35. The molecule has 0 aromatic heterocycles. The van der Waals surface area contributed by atoms with E-state index < -0.39 is 5.82 Å². The lowest BCUT2D eigenvalue weighted by Crippen LogP contribution is -2.52. The molecule has 7 heteroatoms. The molecular formula is C20H31F2N5. The minimum Gasteiger partial charge on any atom is -0.366 e. The standard InChI is InChI=1S/C20H31F2N5/c1-3-23-20(24-14-16-7-8-25(4-2)15-16)27-11-9-26(10-12-27)19-13-17(21)5-6-18(19)22/h5-6,13,16H,3-4,7-12,14-15H2,1-2H3,(H,23,24). The van der Waals surface area contributed by atoms with Gasteiger partial charge in [0.1, 0.15) is 11.6 Å². The summed E-state index contributed by atoms with van der Waals surface area (Å²) in [5, 5.41) is 3.39. The molecule has 2 heterocycles. The van der Waals surface area contributed by atoms with Crippen LogP contribution >= 0.6 is 0 Å². The number of benzene rings is 1. The molecule has 2 fully saturated rings. The van der Waals surface area contributed by atoms with E-state index in [4.69, 9.17) is 4.99 Å². The number of aliphatic imine (C=N–C) groups is 1. The van der Waals surface area contributed by atoms with Crippen LogP contribution in [0.4, 0.5) is 14.5 Å². The SMILES string of the molecule is CCNC(=NCC1CCN(CC)C1)N1CCN(c2cc(F)ccc2F)CC1. The van der Waals surface area contributed by atoms with E-state index in [-0.39, 0.29) is 5.82 Å². The quantitative estimate of drug-likeness (QED) is 0.629. The van der Waals surface area contributed by atoms with Crippen LogP contribution in [0.15, 0.2) is 23.2 Å². The van der Waals surface area contributed by atoms with Crippen LogP contribution in [-0.2, 0) is 0 Å². The lowest BCUT2D eigenvalue weighted by Gasteiger charge is -2.37. The van der Waals surface area contributed by atoms with E-state index in [2.05, 4.69) is 29.0 Å². The average Bonchev–Trinajstić information content (AvgIpc) is 3.15. The summed E-state index contributed by atoms with van der Waals surface area (Å²) in [6.07, 6.45) is 1.21. The Labute approximate surface area is 161 Å². The number of hydrogen-bond donors (Lipinski definition) is 1. The van der Waals surface area contributed by atoms with Crippen molar-refractivity contribution in [3.8, 4) is 0 Å². The van der Waals surface area contributed by atoms with E-state index in [0.29, 0.717) is 24.7 Å². The van der Waals surface area contributed by atoms with E-state index in [0.717, 1.165) is 51.3 Å². The van der Waals surface area contributed by atoms with Crippen LogP contribution in [0, 0.1) is 17.6 Å². The number of nitrogens with one attached hydrogen (secondary N) is 1. The molecule has 150 valence electrons. The highest BCUT2D eigenvalue weighted by Gasteiger charge is 2.24. The van der Waals surface area contributed by atoms with Gasteiger partial charge in [-0.15, -0.1) is 0 Å². The molecule has 0 amide bonds. The van der Waals surface area contributed by atoms with Crippen LogP contribution in [0.25, 0.3) is 0 Å². The average molecular weight is 379 g/mol. The molecule has 2 aliphatic rings. The van der Waals surface area contributed by atoms with E-state index in [1.54, 1.807) is 0 Å². The van der Waals surface area contributed by atoms with Crippen molar-refractivity contribution in [1.82, 2.24) is 15.1 Å². The first kappa shape index (κ1) is 19.9. The van der Waals surface area contributed by atoms with Crippen molar-refractivity contribution in [1.29, 1.82) is 0 Å². The number of likely N-dealkylation sites (tertiary alicyclic amines) is 1. The molecule has 0 radical (unpaired) electrons. The summed E-state index contributed by atoms with van der Waals surface area (Å²) >= 11 is 0. The predicted octanol–water partition coefficient (Wildman–Crippen LogP) is 2.39. The summed E-state index contributed by atoms with van der Waals surface area (Å²) < 4.78 is 27.5. The number of guanidine groups is 1. The zero-order chi connectivity index (χ0) is 19.2. The number of rotatable bonds is 5. The lowest BCUT2D eigenvalue weighted by molar-refractivity contribution is 0.342. The van der Waals surface area contributed by atoms with Gasteiger partial charge in [-0.2, -0.15) is 0 Å². The van der Waals surface area contributed by atoms with Crippen molar-refractivity contribution in [2.24, 2.45) is 10.9 Å². The van der Waals surface area contributed by atoms with Crippen LogP contribution < -0.4 is 10.2 Å². The number of hydrogen-bond acceptors (Lipinski definition) is 3. The Morgan fingerprint density at radius 2 is 1.93 bits per heavy atom. The van der Waals surface area contributed by atoms with Gasteiger partial charge < -0.3 is 20.0 Å². The Morgan fingerprint density at radius 3 is 2.59 bits per heavy atom. The molecule has 0 spiro atoms. The molecule has 1 N–H and O–H groups in total. The van der Waals surface area contributed by atoms with Gasteiger partial charge in [-0.25, -0.2) is 8.78 Å². The van der Waals surface area contributed by atoms with Crippen molar-refractivity contribution in [3.05, 3.63) is 29.8 Å². The molecular weight excluding hydrogens is 348 g/mol. The smallest absolute Gasteiger partial charge is 0.194 e. The van der Waals surface area contributed by atoms with Gasteiger partial charge in [-0.05, 0) is 44.5 Å². The maximum atomic E-state index is 14.0. The minimum atomic E-state index is -0.401. The van der Waals surface area contributed by atoms with Crippen LogP contribution in [0.3, 0.4) is 0 Å². The topological polar surface area (TPSA) is 34.1 Å². The summed E-state index contributed by atoms with van der Waals surface area (Å²) in [5.74, 6) is 0.793. The van der Waals surface area contributed by atoms with Crippen molar-refractivity contribution < 1.29 is 8.78 Å². The molecule has 27 heavy (non-hydrogen) atoms. The van der Waals surface area contributed by atoms with Gasteiger partial charge in [-0.3, -0.25) is 4.99 Å². The molecule has 3 rings (SSSR count). The van der Waals surface area contributed by atoms with E-state index in [1.165, 1.54) is 25.1 Å². The fraction of sp³-hybridized carbons (Fsp3) is 0.650. The molecule has 0 saturated carbocycles. The lowest BCUT2D eigenvalue weighted by atomic mass is 10.1. The first-order valence-electron chi connectivity index (χ1n) is 10.1. The van der Waals surface area contributed by atoms with Gasteiger partial charge in [0.05, 0.1) is 5.69 Å². The summed E-state index contributed by atoms with van der Waals surface area (Å²) in [6, 6.07) is 3.64. The molecule has 1 aromatic carbocycles. The van der Waals surface area contributed by atoms with Crippen LogP contribution in [-0.4, -0.2) is 74.7 Å². The molecule has 1 atom stereocenters. The third-order valence-corrected chi connectivity index (χ3v) is 5.48. The second-order valence-electron chi connectivity index (χ2n) is 7.31. The maximum Gasteiger partial charge on any atom is 0.194 e. The maximum absolute atomic E-state index is 14.0. The summed E-state index contributed by atoms with van der Waals surface area (Å²) in [6.45, 7) is 12.1. The first-order valence-corrected chi connectivity index (χ1v) is 10.1. The number of halogens is 2. The highest BCUT2D eigenvalue weighted by Crippen LogP contribution is 2.22. The van der Waals surface area contributed by atoms with E-state index in [9.17, 15) is 8.78 Å². The minimum absolute atomic E-state index is 0.349. The molecule has 0 bridgehead atoms.